The van der Waals surface area contributed by atoms with Gasteiger partial charge in [0.05, 0.1) is 0 Å². The van der Waals surface area contributed by atoms with E-state index in [-0.39, 0.29) is 6.04 Å². The molecule has 2 aliphatic carbocycles. The van der Waals surface area contributed by atoms with E-state index in [1.807, 2.05) is 41.5 Å². The molecule has 3 nitrogen and oxygen atoms in total. The highest BCUT2D eigenvalue weighted by molar-refractivity contribution is 8.17. The fourth-order valence-electron chi connectivity index (χ4n) is 3.94. The summed E-state index contributed by atoms with van der Waals surface area (Å²) in [7, 11) is -3.46. The lowest BCUT2D eigenvalue weighted by atomic mass is 9.94. The molecule has 1 aromatic carbocycles. The number of allylic oxidation sites excluding steroid dienone is 2. The van der Waals surface area contributed by atoms with Gasteiger partial charge in [-0.1, -0.05) is 78.5 Å². The molecule has 0 amide bonds. The summed E-state index contributed by atoms with van der Waals surface area (Å²) in [5, 5.41) is 0. The van der Waals surface area contributed by atoms with Crippen molar-refractivity contribution in [1.82, 2.24) is 4.72 Å². The number of hydrogen-bond donors (Lipinski definition) is 1. The van der Waals surface area contributed by atoms with E-state index >= 15 is 0 Å². The summed E-state index contributed by atoms with van der Waals surface area (Å²) in [6, 6.07) is 8.57. The molecule has 166 valence electrons. The molecule has 1 N–H and O–H groups in total. The molecule has 3 rings (SSSR count). The van der Waals surface area contributed by atoms with Crippen molar-refractivity contribution < 1.29 is 8.42 Å². The Morgan fingerprint density at radius 1 is 1.00 bits per heavy atom. The molecule has 1 aromatic rings. The van der Waals surface area contributed by atoms with E-state index in [0.717, 1.165) is 25.7 Å². The van der Waals surface area contributed by atoms with Gasteiger partial charge in [0.2, 0.25) is 10.0 Å². The highest BCUT2D eigenvalue weighted by Gasteiger charge is 2.41. The first-order valence-corrected chi connectivity index (χ1v) is 13.7. The van der Waals surface area contributed by atoms with E-state index in [0.29, 0.717) is 16.1 Å². The van der Waals surface area contributed by atoms with Gasteiger partial charge >= 0.3 is 0 Å². The van der Waals surface area contributed by atoms with Crippen molar-refractivity contribution in [2.75, 3.05) is 6.26 Å². The predicted octanol–water partition coefficient (Wildman–Crippen LogP) is 6.57. The number of hydrogen-bond acceptors (Lipinski definition) is 3. The van der Waals surface area contributed by atoms with Gasteiger partial charge in [-0.2, -0.15) is 0 Å². The summed E-state index contributed by atoms with van der Waals surface area (Å²) < 4.78 is 28.7. The zero-order valence-corrected chi connectivity index (χ0v) is 21.0. The first-order valence-electron chi connectivity index (χ1n) is 11.0. The van der Waals surface area contributed by atoms with E-state index in [9.17, 15) is 8.42 Å². The number of thioether (sulfide) groups is 1. The van der Waals surface area contributed by atoms with Crippen LogP contribution in [0.15, 0.2) is 47.2 Å². The molecular formula is C24H41NO2S2. The lowest BCUT2D eigenvalue weighted by Gasteiger charge is -2.24. The molecule has 2 atom stereocenters. The van der Waals surface area contributed by atoms with Crippen molar-refractivity contribution in [3.05, 3.63) is 58.4 Å². The van der Waals surface area contributed by atoms with Crippen LogP contribution in [0.4, 0.5) is 0 Å². The second-order valence-corrected chi connectivity index (χ2v) is 9.14. The number of rotatable bonds is 5. The van der Waals surface area contributed by atoms with Gasteiger partial charge in [0.1, 0.15) is 4.24 Å². The molecule has 29 heavy (non-hydrogen) atoms. The summed E-state index contributed by atoms with van der Waals surface area (Å²) in [5.41, 5.74) is 2.77. The van der Waals surface area contributed by atoms with Crippen molar-refractivity contribution in [3.63, 3.8) is 0 Å². The zero-order valence-electron chi connectivity index (χ0n) is 19.4. The van der Waals surface area contributed by atoms with Crippen LogP contribution in [0, 0.1) is 11.8 Å². The molecule has 0 aromatic heterocycles. The standard InChI is InChI=1S/C18H23NO2S2.3C2H6/c1-3-6-17(22-2)23(20,21)19-18-15-9-10-16(18)12-14-8-5-4-7-13(14)11-15;3*1-2/h3-8,15-16,18-19H,1,9-12H2,2H3;3*1-2H3/b17-6+;;;. The average Bonchev–Trinajstić information content (AvgIpc) is 3.03. The summed E-state index contributed by atoms with van der Waals surface area (Å²) in [6.07, 6.45) is 9.03. The fraction of sp³-hybridized carbons (Fsp3) is 0.583. The maximum atomic E-state index is 12.7. The fourth-order valence-corrected chi connectivity index (χ4v) is 6.33. The van der Waals surface area contributed by atoms with Gasteiger partial charge in [0, 0.05) is 6.04 Å². The highest BCUT2D eigenvalue weighted by atomic mass is 32.3. The van der Waals surface area contributed by atoms with Crippen molar-refractivity contribution in [1.29, 1.82) is 0 Å². The SMILES string of the molecule is C=C/C=C(\SC)S(=O)(=O)NC1C2CCC1Cc1ccccc1C2.CC.CC.CC. The molecule has 0 heterocycles. The van der Waals surface area contributed by atoms with Crippen LogP contribution >= 0.6 is 11.8 Å². The van der Waals surface area contributed by atoms with Crippen molar-refractivity contribution in [2.24, 2.45) is 11.8 Å². The molecule has 0 spiro atoms. The monoisotopic (exact) mass is 439 g/mol. The van der Waals surface area contributed by atoms with Crippen LogP contribution in [0.2, 0.25) is 0 Å². The van der Waals surface area contributed by atoms with Gasteiger partial charge in [0.25, 0.3) is 0 Å². The molecule has 1 saturated carbocycles. The average molecular weight is 440 g/mol. The van der Waals surface area contributed by atoms with Gasteiger partial charge in [-0.05, 0) is 61.0 Å². The summed E-state index contributed by atoms with van der Waals surface area (Å²) in [4.78, 5) is 0. The van der Waals surface area contributed by atoms with E-state index in [4.69, 9.17) is 0 Å². The Kier molecular flexibility index (Phi) is 14.3. The first-order chi connectivity index (χ1) is 14.0. The molecule has 5 heteroatoms. The second-order valence-electron chi connectivity index (χ2n) is 6.35. The van der Waals surface area contributed by atoms with E-state index in [2.05, 4.69) is 35.6 Å². The minimum Gasteiger partial charge on any atom is -0.207 e. The maximum Gasteiger partial charge on any atom is 0.246 e. The summed E-state index contributed by atoms with van der Waals surface area (Å²) in [6.45, 7) is 15.6. The van der Waals surface area contributed by atoms with Gasteiger partial charge < -0.3 is 0 Å². The number of fused-ring (bicyclic) bond motifs is 3. The van der Waals surface area contributed by atoms with Gasteiger partial charge in [-0.15, -0.1) is 11.8 Å². The minimum absolute atomic E-state index is 0.0350. The van der Waals surface area contributed by atoms with E-state index < -0.39 is 10.0 Å². The van der Waals surface area contributed by atoms with Crippen LogP contribution in [0.3, 0.4) is 0 Å². The summed E-state index contributed by atoms with van der Waals surface area (Å²) in [5.74, 6) is 0.788. The second kappa shape index (κ2) is 14.9. The number of nitrogens with one attached hydrogen (secondary N) is 1. The third-order valence-electron chi connectivity index (χ3n) is 5.02. The van der Waals surface area contributed by atoms with Gasteiger partial charge in [-0.3, -0.25) is 0 Å². The normalized spacial score (nSPS) is 22.3. The van der Waals surface area contributed by atoms with Crippen LogP contribution < -0.4 is 4.72 Å². The number of sulfonamides is 1. The van der Waals surface area contributed by atoms with E-state index in [1.165, 1.54) is 29.0 Å². The Labute approximate surface area is 184 Å². The van der Waals surface area contributed by atoms with Crippen LogP contribution in [-0.4, -0.2) is 20.7 Å². The first kappa shape index (κ1) is 28.0. The lowest BCUT2D eigenvalue weighted by Crippen LogP contribution is -2.42. The molecule has 2 bridgehead atoms. The Hall–Kier alpha value is -1.04. The molecule has 0 saturated heterocycles. The van der Waals surface area contributed by atoms with Crippen molar-refractivity contribution in [3.8, 4) is 0 Å². The largest absolute Gasteiger partial charge is 0.246 e. The quantitative estimate of drug-likeness (QED) is 0.528. The third-order valence-corrected chi connectivity index (χ3v) is 7.96. The molecular weight excluding hydrogens is 398 g/mol. The van der Waals surface area contributed by atoms with Gasteiger partial charge in [-0.25, -0.2) is 13.1 Å². The Balaban J connectivity index is 0.00000120. The van der Waals surface area contributed by atoms with Crippen LogP contribution in [-0.2, 0) is 22.9 Å². The highest BCUT2D eigenvalue weighted by Crippen LogP contribution is 2.40. The summed E-state index contributed by atoms with van der Waals surface area (Å²) >= 11 is 1.24. The zero-order chi connectivity index (χ0) is 22.4. The van der Waals surface area contributed by atoms with Crippen LogP contribution in [0.1, 0.15) is 65.5 Å². The molecule has 2 unspecified atom stereocenters. The maximum absolute atomic E-state index is 12.7. The smallest absolute Gasteiger partial charge is 0.207 e. The Morgan fingerprint density at radius 3 is 1.83 bits per heavy atom. The Morgan fingerprint density at radius 2 is 1.45 bits per heavy atom. The predicted molar refractivity (Wildman–Crippen MR) is 132 cm³/mol. The van der Waals surface area contributed by atoms with Crippen LogP contribution in [0.25, 0.3) is 0 Å². The minimum atomic E-state index is -3.46. The van der Waals surface area contributed by atoms with Crippen LogP contribution in [0.5, 0.6) is 0 Å². The lowest BCUT2D eigenvalue weighted by molar-refractivity contribution is 0.388. The molecule has 0 aliphatic heterocycles. The van der Waals surface area contributed by atoms with Gasteiger partial charge in [0.15, 0.2) is 0 Å². The molecule has 2 aliphatic rings. The number of benzene rings is 1. The molecule has 1 fully saturated rings. The Bertz CT molecular complexity index is 693. The van der Waals surface area contributed by atoms with Crippen molar-refractivity contribution in [2.45, 2.75) is 73.3 Å². The van der Waals surface area contributed by atoms with E-state index in [1.54, 1.807) is 12.3 Å². The topological polar surface area (TPSA) is 46.2 Å². The molecule has 0 radical (unpaired) electrons. The third kappa shape index (κ3) is 7.62. The van der Waals surface area contributed by atoms with Crippen molar-refractivity contribution >= 4 is 21.8 Å².